The highest BCUT2D eigenvalue weighted by Crippen LogP contribution is 2.30. The molecule has 10 heteroatoms. The Balaban J connectivity index is 1.49. The first-order valence-corrected chi connectivity index (χ1v) is 10.3. The fourth-order valence-electron chi connectivity index (χ4n) is 3.75. The number of rotatable bonds is 6. The van der Waals surface area contributed by atoms with Crippen molar-refractivity contribution in [1.82, 2.24) is 24.2 Å². The van der Waals surface area contributed by atoms with Gasteiger partial charge in [0.05, 0.1) is 19.2 Å². The molecule has 4 rings (SSSR count). The topological polar surface area (TPSA) is 115 Å². The summed E-state index contributed by atoms with van der Waals surface area (Å²) in [5.74, 6) is 0.230. The van der Waals surface area contributed by atoms with Crippen molar-refractivity contribution in [2.24, 2.45) is 14.1 Å². The van der Waals surface area contributed by atoms with Gasteiger partial charge in [0.1, 0.15) is 18.5 Å². The van der Waals surface area contributed by atoms with Crippen LogP contribution in [0, 0.1) is 6.92 Å². The zero-order valence-electron chi connectivity index (χ0n) is 18.2. The van der Waals surface area contributed by atoms with Crippen molar-refractivity contribution in [2.75, 3.05) is 18.5 Å². The van der Waals surface area contributed by atoms with Gasteiger partial charge in [0, 0.05) is 37.9 Å². The summed E-state index contributed by atoms with van der Waals surface area (Å²) in [5, 5.41) is 17.1. The molecule has 1 saturated heterocycles. The van der Waals surface area contributed by atoms with Crippen molar-refractivity contribution in [2.45, 2.75) is 25.6 Å². The van der Waals surface area contributed by atoms with Crippen molar-refractivity contribution in [1.29, 1.82) is 0 Å². The van der Waals surface area contributed by atoms with Crippen LogP contribution in [0.5, 0.6) is 0 Å². The summed E-state index contributed by atoms with van der Waals surface area (Å²) in [6, 6.07) is 8.34. The number of benzene rings is 1. The van der Waals surface area contributed by atoms with E-state index in [2.05, 4.69) is 15.4 Å². The molecule has 0 radical (unpaired) electrons. The third-order valence-electron chi connectivity index (χ3n) is 5.72. The number of imidazole rings is 1. The number of hydrogen-bond donors (Lipinski definition) is 2. The van der Waals surface area contributed by atoms with Crippen molar-refractivity contribution in [3.63, 3.8) is 0 Å². The molecular formula is C22H26N6O4. The van der Waals surface area contributed by atoms with E-state index in [9.17, 15) is 14.7 Å². The van der Waals surface area contributed by atoms with Gasteiger partial charge in [0.2, 0.25) is 5.91 Å². The number of aryl methyl sites for hydroxylation is 3. The highest BCUT2D eigenvalue weighted by molar-refractivity contribution is 6.02. The molecule has 2 N–H and O–H groups in total. The van der Waals surface area contributed by atoms with E-state index in [0.717, 1.165) is 17.1 Å². The maximum absolute atomic E-state index is 12.5. The lowest BCUT2D eigenvalue weighted by Gasteiger charge is -2.40. The first-order chi connectivity index (χ1) is 15.4. The number of aromatic nitrogens is 4. The molecule has 2 atom stereocenters. The minimum Gasteiger partial charge on any atom is -0.394 e. The number of hydrogen-bond acceptors (Lipinski definition) is 6. The van der Waals surface area contributed by atoms with Crippen LogP contribution < -0.4 is 5.32 Å². The van der Waals surface area contributed by atoms with Crippen LogP contribution >= 0.6 is 0 Å². The Morgan fingerprint density at radius 1 is 1.28 bits per heavy atom. The fourth-order valence-corrected chi connectivity index (χ4v) is 3.75. The van der Waals surface area contributed by atoms with Gasteiger partial charge in [-0.15, -0.1) is 0 Å². The van der Waals surface area contributed by atoms with Crippen LogP contribution in [0.2, 0.25) is 0 Å². The Bertz CT molecular complexity index is 1100. The number of morpholine rings is 1. The standard InChI is InChI=1S/C22H26N6O4/c1-14-10-17(25-27(14)3)22(31)24-16-6-4-15(5-7-16)21-18(12-29)28(20(30)13-32-21)11-19-23-8-9-26(19)2/h4-10,18,21,29H,11-13H2,1-3H3,(H,24,31)/t18-,21-/m1/s1. The van der Waals surface area contributed by atoms with E-state index in [4.69, 9.17) is 4.74 Å². The molecule has 0 saturated carbocycles. The summed E-state index contributed by atoms with van der Waals surface area (Å²) in [7, 11) is 3.64. The molecule has 1 aromatic carbocycles. The van der Waals surface area contributed by atoms with E-state index in [0.29, 0.717) is 11.4 Å². The molecule has 0 aliphatic carbocycles. The first kappa shape index (κ1) is 21.7. The zero-order chi connectivity index (χ0) is 22.8. The predicted molar refractivity (Wildman–Crippen MR) is 116 cm³/mol. The fraction of sp³-hybridized carbons (Fsp3) is 0.364. The van der Waals surface area contributed by atoms with Gasteiger partial charge >= 0.3 is 0 Å². The molecule has 2 aromatic heterocycles. The number of aliphatic hydroxyl groups is 1. The van der Waals surface area contributed by atoms with Crippen molar-refractivity contribution >= 4 is 17.5 Å². The van der Waals surface area contributed by atoms with Gasteiger partial charge in [0.25, 0.3) is 5.91 Å². The van der Waals surface area contributed by atoms with E-state index in [1.807, 2.05) is 36.9 Å². The second-order valence-electron chi connectivity index (χ2n) is 7.83. The Morgan fingerprint density at radius 2 is 2.03 bits per heavy atom. The van der Waals surface area contributed by atoms with E-state index >= 15 is 0 Å². The second-order valence-corrected chi connectivity index (χ2v) is 7.83. The van der Waals surface area contributed by atoms with Crippen LogP contribution in [0.1, 0.15) is 33.7 Å². The van der Waals surface area contributed by atoms with Gasteiger partial charge in [-0.1, -0.05) is 12.1 Å². The summed E-state index contributed by atoms with van der Waals surface area (Å²) in [6.07, 6.45) is 2.98. The first-order valence-electron chi connectivity index (χ1n) is 10.3. The van der Waals surface area contributed by atoms with Crippen LogP contribution in [-0.4, -0.2) is 60.4 Å². The second kappa shape index (κ2) is 8.93. The highest BCUT2D eigenvalue weighted by atomic mass is 16.5. The average molecular weight is 438 g/mol. The van der Waals surface area contributed by atoms with Crippen LogP contribution in [0.3, 0.4) is 0 Å². The van der Waals surface area contributed by atoms with Crippen LogP contribution in [0.15, 0.2) is 42.7 Å². The quantitative estimate of drug-likeness (QED) is 0.597. The molecule has 3 heterocycles. The van der Waals surface area contributed by atoms with E-state index in [1.165, 1.54) is 0 Å². The molecule has 0 bridgehead atoms. The molecule has 3 aromatic rings. The third kappa shape index (κ3) is 4.27. The van der Waals surface area contributed by atoms with Gasteiger partial charge in [-0.25, -0.2) is 4.98 Å². The van der Waals surface area contributed by atoms with Crippen LogP contribution in [0.25, 0.3) is 0 Å². The Kier molecular flexibility index (Phi) is 6.06. The molecule has 32 heavy (non-hydrogen) atoms. The lowest BCUT2D eigenvalue weighted by Crippen LogP contribution is -2.52. The number of aliphatic hydroxyl groups excluding tert-OH is 1. The summed E-state index contributed by atoms with van der Waals surface area (Å²) in [4.78, 5) is 30.8. The Hall–Kier alpha value is -3.50. The number of carbonyl (C=O) groups excluding carboxylic acids is 2. The predicted octanol–water partition coefficient (Wildman–Crippen LogP) is 1.18. The minimum atomic E-state index is -0.551. The zero-order valence-corrected chi connectivity index (χ0v) is 18.2. The van der Waals surface area contributed by atoms with Gasteiger partial charge in [0.15, 0.2) is 5.69 Å². The molecule has 168 valence electrons. The summed E-state index contributed by atoms with van der Waals surface area (Å²) >= 11 is 0. The number of amides is 2. The SMILES string of the molecule is Cc1cc(C(=O)Nc2ccc([C@H]3OCC(=O)N(Cc4nccn4C)[C@@H]3CO)cc2)nn1C. The van der Waals surface area contributed by atoms with Crippen molar-refractivity contribution < 1.29 is 19.4 Å². The summed E-state index contributed by atoms with van der Waals surface area (Å²) < 4.78 is 9.27. The highest BCUT2D eigenvalue weighted by Gasteiger charge is 2.37. The third-order valence-corrected chi connectivity index (χ3v) is 5.72. The summed E-state index contributed by atoms with van der Waals surface area (Å²) in [6.45, 7) is 1.83. The van der Waals surface area contributed by atoms with Crippen LogP contribution in [0.4, 0.5) is 5.69 Å². The number of nitrogens with one attached hydrogen (secondary N) is 1. The minimum absolute atomic E-state index is 0.0803. The van der Waals surface area contributed by atoms with Crippen molar-refractivity contribution in [3.05, 3.63) is 65.5 Å². The normalized spacial score (nSPS) is 18.8. The van der Waals surface area contributed by atoms with E-state index in [1.54, 1.807) is 41.0 Å². The number of carbonyl (C=O) groups is 2. The Morgan fingerprint density at radius 3 is 2.62 bits per heavy atom. The van der Waals surface area contributed by atoms with E-state index < -0.39 is 12.1 Å². The lowest BCUT2D eigenvalue weighted by molar-refractivity contribution is -0.162. The molecule has 10 nitrogen and oxygen atoms in total. The largest absolute Gasteiger partial charge is 0.394 e. The maximum Gasteiger partial charge on any atom is 0.276 e. The van der Waals surface area contributed by atoms with Gasteiger partial charge in [-0.3, -0.25) is 14.3 Å². The summed E-state index contributed by atoms with van der Waals surface area (Å²) in [5.41, 5.74) is 2.64. The molecular weight excluding hydrogens is 412 g/mol. The molecule has 0 unspecified atom stereocenters. The smallest absolute Gasteiger partial charge is 0.276 e. The molecule has 1 aliphatic heterocycles. The van der Waals surface area contributed by atoms with Gasteiger partial charge in [-0.05, 0) is 30.7 Å². The maximum atomic E-state index is 12.5. The number of nitrogens with zero attached hydrogens (tertiary/aromatic N) is 5. The van der Waals surface area contributed by atoms with Gasteiger partial charge < -0.3 is 24.6 Å². The molecule has 0 spiro atoms. The van der Waals surface area contributed by atoms with E-state index in [-0.39, 0.29) is 31.6 Å². The number of ether oxygens (including phenoxy) is 1. The number of anilines is 1. The van der Waals surface area contributed by atoms with Gasteiger partial charge in [-0.2, -0.15) is 5.10 Å². The molecule has 1 aliphatic rings. The lowest BCUT2D eigenvalue weighted by atomic mass is 9.99. The molecule has 1 fully saturated rings. The molecule has 2 amide bonds. The van der Waals surface area contributed by atoms with Crippen LogP contribution in [-0.2, 0) is 30.2 Å². The monoisotopic (exact) mass is 438 g/mol. The Labute approximate surface area is 185 Å². The average Bonchev–Trinajstić information content (AvgIpc) is 3.34. The van der Waals surface area contributed by atoms with Crippen molar-refractivity contribution in [3.8, 4) is 0 Å².